The number of carbonyl (C=O) groups excluding carboxylic acids is 1. The van der Waals surface area contributed by atoms with E-state index in [4.69, 9.17) is 5.11 Å². The van der Waals surface area contributed by atoms with Gasteiger partial charge in [-0.3, -0.25) is 4.79 Å². The number of fused-ring (bicyclic) bond motifs is 1. The number of aliphatic hydroxyl groups excluding tert-OH is 1. The predicted octanol–water partition coefficient (Wildman–Crippen LogP) is 1.50. The zero-order valence-corrected chi connectivity index (χ0v) is 11.8. The molecule has 0 fully saturated rings. The summed E-state index contributed by atoms with van der Waals surface area (Å²) in [6, 6.07) is 5.84. The lowest BCUT2D eigenvalue weighted by molar-refractivity contribution is 0.0956. The summed E-state index contributed by atoms with van der Waals surface area (Å²) in [4.78, 5) is 11.9. The number of hydrogen-bond donors (Lipinski definition) is 3. The van der Waals surface area contributed by atoms with E-state index < -0.39 is 0 Å². The molecule has 19 heavy (non-hydrogen) atoms. The topological polar surface area (TPSA) is 61.4 Å². The lowest BCUT2D eigenvalue weighted by atomic mass is 10.1. The van der Waals surface area contributed by atoms with Gasteiger partial charge in [-0.1, -0.05) is 6.07 Å². The van der Waals surface area contributed by atoms with Crippen molar-refractivity contribution in [1.29, 1.82) is 0 Å². The van der Waals surface area contributed by atoms with Crippen LogP contribution in [-0.2, 0) is 6.42 Å². The van der Waals surface area contributed by atoms with Crippen LogP contribution >= 0.6 is 11.8 Å². The van der Waals surface area contributed by atoms with Crippen molar-refractivity contribution in [3.8, 4) is 0 Å². The molecule has 0 aromatic heterocycles. The molecule has 0 aliphatic carbocycles. The summed E-state index contributed by atoms with van der Waals surface area (Å²) in [5.74, 6) is 1.81. The molecule has 1 aromatic carbocycles. The molecule has 1 aliphatic heterocycles. The maximum atomic E-state index is 11.9. The zero-order chi connectivity index (χ0) is 13.5. The third-order valence-corrected chi connectivity index (χ3v) is 4.13. The Morgan fingerprint density at radius 1 is 1.42 bits per heavy atom. The molecule has 0 radical (unpaired) electrons. The molecule has 4 nitrogen and oxygen atoms in total. The zero-order valence-electron chi connectivity index (χ0n) is 10.9. The average Bonchev–Trinajstić information content (AvgIpc) is 2.89. The summed E-state index contributed by atoms with van der Waals surface area (Å²) in [7, 11) is 0. The van der Waals surface area contributed by atoms with Gasteiger partial charge in [-0.25, -0.2) is 0 Å². The van der Waals surface area contributed by atoms with E-state index in [-0.39, 0.29) is 12.5 Å². The molecular weight excluding hydrogens is 260 g/mol. The standard InChI is InChI=1S/C14H20N2O2S/c17-7-1-8-19-9-6-16-14(18)12-3-2-11-4-5-15-13(11)10-12/h2-3,10,15,17H,1,4-9H2,(H,16,18). The lowest BCUT2D eigenvalue weighted by Crippen LogP contribution is -2.25. The van der Waals surface area contributed by atoms with Gasteiger partial charge in [-0.2, -0.15) is 11.8 Å². The minimum atomic E-state index is -0.0146. The lowest BCUT2D eigenvalue weighted by Gasteiger charge is -2.07. The van der Waals surface area contributed by atoms with Crippen LogP contribution in [0, 0.1) is 0 Å². The summed E-state index contributed by atoms with van der Waals surface area (Å²) in [5.41, 5.74) is 3.09. The van der Waals surface area contributed by atoms with Crippen LogP contribution in [0.4, 0.5) is 5.69 Å². The highest BCUT2D eigenvalue weighted by molar-refractivity contribution is 7.99. The van der Waals surface area contributed by atoms with Crippen LogP contribution in [0.5, 0.6) is 0 Å². The summed E-state index contributed by atoms with van der Waals surface area (Å²) >= 11 is 1.75. The van der Waals surface area contributed by atoms with Crippen molar-refractivity contribution < 1.29 is 9.90 Å². The SMILES string of the molecule is O=C(NCCSCCCO)c1ccc2c(c1)NCC2. The van der Waals surface area contributed by atoms with Gasteiger partial charge in [0.15, 0.2) is 0 Å². The van der Waals surface area contributed by atoms with Crippen molar-refractivity contribution >= 4 is 23.4 Å². The largest absolute Gasteiger partial charge is 0.396 e. The van der Waals surface area contributed by atoms with E-state index in [1.807, 2.05) is 18.2 Å². The number of anilines is 1. The molecule has 1 heterocycles. The Bertz CT molecular complexity index is 437. The molecule has 0 saturated carbocycles. The van der Waals surface area contributed by atoms with E-state index in [0.717, 1.165) is 36.6 Å². The summed E-state index contributed by atoms with van der Waals surface area (Å²) in [6.07, 6.45) is 1.85. The molecule has 3 N–H and O–H groups in total. The highest BCUT2D eigenvalue weighted by Crippen LogP contribution is 2.23. The number of thioether (sulfide) groups is 1. The van der Waals surface area contributed by atoms with Gasteiger partial charge in [-0.05, 0) is 36.3 Å². The molecule has 0 atom stereocenters. The molecule has 0 unspecified atom stereocenters. The van der Waals surface area contributed by atoms with Crippen LogP contribution in [-0.4, -0.2) is 42.2 Å². The predicted molar refractivity (Wildman–Crippen MR) is 80.0 cm³/mol. The minimum Gasteiger partial charge on any atom is -0.396 e. The molecule has 104 valence electrons. The second-order valence-electron chi connectivity index (χ2n) is 4.49. The van der Waals surface area contributed by atoms with E-state index in [9.17, 15) is 4.79 Å². The first-order chi connectivity index (χ1) is 9.31. The third-order valence-electron chi connectivity index (χ3n) is 3.06. The normalized spacial score (nSPS) is 12.9. The minimum absolute atomic E-state index is 0.0146. The fourth-order valence-electron chi connectivity index (χ4n) is 2.04. The number of aliphatic hydroxyl groups is 1. The number of hydrogen-bond acceptors (Lipinski definition) is 4. The first-order valence-electron chi connectivity index (χ1n) is 6.65. The monoisotopic (exact) mass is 280 g/mol. The van der Waals surface area contributed by atoms with E-state index in [0.29, 0.717) is 12.1 Å². The Kier molecular flexibility index (Phi) is 5.54. The highest BCUT2D eigenvalue weighted by atomic mass is 32.2. The van der Waals surface area contributed by atoms with Crippen LogP contribution in [0.2, 0.25) is 0 Å². The van der Waals surface area contributed by atoms with E-state index in [2.05, 4.69) is 10.6 Å². The number of amides is 1. The molecule has 1 amide bonds. The molecule has 0 saturated heterocycles. The average molecular weight is 280 g/mol. The van der Waals surface area contributed by atoms with Crippen LogP contribution in [0.1, 0.15) is 22.3 Å². The number of nitrogens with one attached hydrogen (secondary N) is 2. The van der Waals surface area contributed by atoms with Crippen molar-refractivity contribution in [2.45, 2.75) is 12.8 Å². The van der Waals surface area contributed by atoms with Gasteiger partial charge in [0.25, 0.3) is 5.91 Å². The second-order valence-corrected chi connectivity index (χ2v) is 5.72. The first-order valence-corrected chi connectivity index (χ1v) is 7.80. The Morgan fingerprint density at radius 3 is 3.16 bits per heavy atom. The van der Waals surface area contributed by atoms with Crippen molar-refractivity contribution in [2.24, 2.45) is 0 Å². The van der Waals surface area contributed by atoms with Crippen molar-refractivity contribution in [2.75, 3.05) is 36.5 Å². The summed E-state index contributed by atoms with van der Waals surface area (Å²) in [5, 5.41) is 14.8. The number of carbonyl (C=O) groups is 1. The number of rotatable bonds is 7. The summed E-state index contributed by atoms with van der Waals surface area (Å²) in [6.45, 7) is 1.86. The van der Waals surface area contributed by atoms with Crippen LogP contribution in [0.3, 0.4) is 0 Å². The quantitative estimate of drug-likeness (QED) is 0.662. The van der Waals surface area contributed by atoms with Crippen molar-refractivity contribution in [1.82, 2.24) is 5.32 Å². The highest BCUT2D eigenvalue weighted by Gasteiger charge is 2.12. The van der Waals surface area contributed by atoms with Crippen molar-refractivity contribution in [3.05, 3.63) is 29.3 Å². The maximum Gasteiger partial charge on any atom is 0.251 e. The van der Waals surface area contributed by atoms with Gasteiger partial charge >= 0.3 is 0 Å². The maximum absolute atomic E-state index is 11.9. The molecule has 1 aliphatic rings. The first kappa shape index (κ1) is 14.2. The molecule has 5 heteroatoms. The van der Waals surface area contributed by atoms with E-state index in [1.54, 1.807) is 11.8 Å². The van der Waals surface area contributed by atoms with E-state index >= 15 is 0 Å². The van der Waals surface area contributed by atoms with E-state index in [1.165, 1.54) is 5.56 Å². The van der Waals surface area contributed by atoms with Gasteiger partial charge in [0, 0.05) is 36.7 Å². The molecule has 1 aromatic rings. The second kappa shape index (κ2) is 7.40. The number of benzene rings is 1. The van der Waals surface area contributed by atoms with Gasteiger partial charge in [0.2, 0.25) is 0 Å². The smallest absolute Gasteiger partial charge is 0.251 e. The molecule has 0 spiro atoms. The van der Waals surface area contributed by atoms with Gasteiger partial charge in [0.05, 0.1) is 0 Å². The fraction of sp³-hybridized carbons (Fsp3) is 0.500. The molecular formula is C14H20N2O2S. The molecule has 0 bridgehead atoms. The van der Waals surface area contributed by atoms with Gasteiger partial charge < -0.3 is 15.7 Å². The van der Waals surface area contributed by atoms with Crippen molar-refractivity contribution in [3.63, 3.8) is 0 Å². The molecule has 2 rings (SSSR count). The van der Waals surface area contributed by atoms with Crippen LogP contribution in [0.15, 0.2) is 18.2 Å². The Labute approximate surface area is 118 Å². The van der Waals surface area contributed by atoms with Gasteiger partial charge in [-0.15, -0.1) is 0 Å². The Morgan fingerprint density at radius 2 is 2.32 bits per heavy atom. The Hall–Kier alpha value is -1.20. The third kappa shape index (κ3) is 4.14. The Balaban J connectivity index is 1.74. The van der Waals surface area contributed by atoms with Crippen LogP contribution < -0.4 is 10.6 Å². The fourth-order valence-corrected chi connectivity index (χ4v) is 2.82. The summed E-state index contributed by atoms with van der Waals surface area (Å²) < 4.78 is 0. The van der Waals surface area contributed by atoms with Crippen LogP contribution in [0.25, 0.3) is 0 Å². The van der Waals surface area contributed by atoms with Gasteiger partial charge in [0.1, 0.15) is 0 Å².